The summed E-state index contributed by atoms with van der Waals surface area (Å²) in [6.07, 6.45) is 2.34. The molecule has 2 heterocycles. The van der Waals surface area contributed by atoms with Crippen molar-refractivity contribution < 1.29 is 27.1 Å². The number of sulfonamides is 1. The van der Waals surface area contributed by atoms with Crippen LogP contribution >= 0.6 is 0 Å². The molecule has 2 aliphatic heterocycles. The lowest BCUT2D eigenvalue weighted by Crippen LogP contribution is -2.21. The topological polar surface area (TPSA) is 93.7 Å². The molecule has 1 saturated carbocycles. The predicted molar refractivity (Wildman–Crippen MR) is 116 cm³/mol. The van der Waals surface area contributed by atoms with Gasteiger partial charge in [0.15, 0.2) is 0 Å². The van der Waals surface area contributed by atoms with Crippen LogP contribution in [0, 0.1) is 17.7 Å². The first-order valence-corrected chi connectivity index (χ1v) is 12.3. The van der Waals surface area contributed by atoms with Crippen molar-refractivity contribution in [3.8, 4) is 5.75 Å². The highest BCUT2D eigenvalue weighted by Gasteiger charge is 2.45. The van der Waals surface area contributed by atoms with Crippen LogP contribution in [0.25, 0.3) is 0 Å². The molecule has 0 unspecified atom stereocenters. The van der Waals surface area contributed by atoms with Gasteiger partial charge in [-0.1, -0.05) is 6.07 Å². The maximum atomic E-state index is 14.0. The molecule has 2 aromatic rings. The standard InChI is InChI=1S/C23H25FN2O5S/c1-30-23(27)21-19(4-3-17-18-10-15(18)12-31-22(17)21)26-32(28,29)20-5-2-16(24)9-14(20)8-13-6-7-25-11-13/h2-5,9,13,15,18,25-26H,6-8,10-12H2,1H3/t13-,15+,18+/m1/s1. The maximum Gasteiger partial charge on any atom is 0.343 e. The molecule has 3 atom stereocenters. The fraction of sp³-hybridized carbons (Fsp3) is 0.435. The number of fused-ring (bicyclic) bond motifs is 3. The molecule has 0 radical (unpaired) electrons. The summed E-state index contributed by atoms with van der Waals surface area (Å²) in [5.41, 5.74) is 1.48. The number of carbonyl (C=O) groups excluding carboxylic acids is 1. The van der Waals surface area contributed by atoms with E-state index in [0.29, 0.717) is 36.2 Å². The van der Waals surface area contributed by atoms with Gasteiger partial charge in [0.05, 0.1) is 24.3 Å². The first-order chi connectivity index (χ1) is 15.4. The summed E-state index contributed by atoms with van der Waals surface area (Å²) >= 11 is 0. The first-order valence-electron chi connectivity index (χ1n) is 10.8. The lowest BCUT2D eigenvalue weighted by Gasteiger charge is -2.22. The van der Waals surface area contributed by atoms with E-state index in [0.717, 1.165) is 37.6 Å². The van der Waals surface area contributed by atoms with Crippen LogP contribution in [0.2, 0.25) is 0 Å². The predicted octanol–water partition coefficient (Wildman–Crippen LogP) is 3.06. The number of hydrogen-bond donors (Lipinski definition) is 2. The molecule has 0 aromatic heterocycles. The van der Waals surface area contributed by atoms with E-state index in [1.54, 1.807) is 12.1 Å². The van der Waals surface area contributed by atoms with E-state index >= 15 is 0 Å². The molecule has 0 bridgehead atoms. The summed E-state index contributed by atoms with van der Waals surface area (Å²) in [5.74, 6) is 0.238. The summed E-state index contributed by atoms with van der Waals surface area (Å²) in [6.45, 7) is 2.12. The molecule has 3 aliphatic rings. The van der Waals surface area contributed by atoms with Crippen molar-refractivity contribution in [2.75, 3.05) is 31.5 Å². The Kier molecular flexibility index (Phi) is 5.33. The maximum absolute atomic E-state index is 14.0. The fourth-order valence-electron chi connectivity index (χ4n) is 4.81. The van der Waals surface area contributed by atoms with Crippen LogP contribution in [0.15, 0.2) is 35.2 Å². The summed E-state index contributed by atoms with van der Waals surface area (Å²) in [6, 6.07) is 7.07. The zero-order valence-corrected chi connectivity index (χ0v) is 18.5. The minimum Gasteiger partial charge on any atom is -0.492 e. The lowest BCUT2D eigenvalue weighted by atomic mass is 9.98. The van der Waals surface area contributed by atoms with Gasteiger partial charge in [-0.25, -0.2) is 17.6 Å². The van der Waals surface area contributed by atoms with Crippen molar-refractivity contribution in [2.45, 2.75) is 30.1 Å². The lowest BCUT2D eigenvalue weighted by molar-refractivity contribution is 0.0596. The van der Waals surface area contributed by atoms with E-state index in [2.05, 4.69) is 10.0 Å². The van der Waals surface area contributed by atoms with Crippen LogP contribution in [-0.2, 0) is 21.2 Å². The zero-order chi connectivity index (χ0) is 22.5. The van der Waals surface area contributed by atoms with Crippen molar-refractivity contribution in [3.63, 3.8) is 0 Å². The quantitative estimate of drug-likeness (QED) is 0.644. The van der Waals surface area contributed by atoms with Crippen molar-refractivity contribution in [1.29, 1.82) is 0 Å². The SMILES string of the molecule is COC(=O)c1c(NS(=O)(=O)c2ccc(F)cc2C[C@H]2CCNC2)ccc2c1OC[C@@H]1C[C@H]21. The molecule has 32 heavy (non-hydrogen) atoms. The number of anilines is 1. The van der Waals surface area contributed by atoms with Crippen LogP contribution < -0.4 is 14.8 Å². The number of rotatable bonds is 6. The number of nitrogens with one attached hydrogen (secondary N) is 2. The molecule has 5 rings (SSSR count). The minimum atomic E-state index is -4.10. The van der Waals surface area contributed by atoms with E-state index in [-0.39, 0.29) is 22.1 Å². The van der Waals surface area contributed by atoms with Gasteiger partial charge < -0.3 is 14.8 Å². The third-order valence-electron chi connectivity index (χ3n) is 6.57. The van der Waals surface area contributed by atoms with E-state index < -0.39 is 21.8 Å². The van der Waals surface area contributed by atoms with Crippen molar-refractivity contribution >= 4 is 21.7 Å². The molecule has 1 aliphatic carbocycles. The molecule has 2 fully saturated rings. The highest BCUT2D eigenvalue weighted by Crippen LogP contribution is 2.55. The Balaban J connectivity index is 1.52. The van der Waals surface area contributed by atoms with Gasteiger partial charge in [-0.05, 0) is 79.6 Å². The van der Waals surface area contributed by atoms with Crippen LogP contribution in [0.3, 0.4) is 0 Å². The molecule has 0 amide bonds. The van der Waals surface area contributed by atoms with Gasteiger partial charge in [-0.3, -0.25) is 4.72 Å². The average molecular weight is 461 g/mol. The molecular weight excluding hydrogens is 435 g/mol. The van der Waals surface area contributed by atoms with Gasteiger partial charge in [-0.2, -0.15) is 0 Å². The van der Waals surface area contributed by atoms with E-state index in [1.807, 2.05) is 0 Å². The Morgan fingerprint density at radius 2 is 2.16 bits per heavy atom. The second-order valence-electron chi connectivity index (χ2n) is 8.73. The van der Waals surface area contributed by atoms with Gasteiger partial charge in [0.2, 0.25) is 0 Å². The second-order valence-corrected chi connectivity index (χ2v) is 10.4. The van der Waals surface area contributed by atoms with E-state index in [1.165, 1.54) is 19.2 Å². The molecule has 9 heteroatoms. The number of halogens is 1. The van der Waals surface area contributed by atoms with Gasteiger partial charge in [-0.15, -0.1) is 0 Å². The number of esters is 1. The van der Waals surface area contributed by atoms with E-state index in [9.17, 15) is 17.6 Å². The Bertz CT molecular complexity index is 1180. The Morgan fingerprint density at radius 3 is 2.91 bits per heavy atom. The molecule has 7 nitrogen and oxygen atoms in total. The molecule has 170 valence electrons. The molecule has 1 saturated heterocycles. The Labute approximate surface area is 186 Å². The normalized spacial score (nSPS) is 23.6. The third-order valence-corrected chi connectivity index (χ3v) is 8.03. The molecular formula is C23H25FN2O5S. The summed E-state index contributed by atoms with van der Waals surface area (Å²) < 4.78 is 54.0. The zero-order valence-electron chi connectivity index (χ0n) is 17.7. The highest BCUT2D eigenvalue weighted by atomic mass is 32.2. The Morgan fingerprint density at radius 1 is 1.31 bits per heavy atom. The summed E-state index contributed by atoms with van der Waals surface area (Å²) in [5, 5.41) is 3.24. The largest absolute Gasteiger partial charge is 0.492 e. The van der Waals surface area contributed by atoms with E-state index in [4.69, 9.17) is 9.47 Å². The third kappa shape index (κ3) is 3.84. The molecule has 2 aromatic carbocycles. The highest BCUT2D eigenvalue weighted by molar-refractivity contribution is 7.92. The van der Waals surface area contributed by atoms with Crippen LogP contribution in [0.1, 0.15) is 40.2 Å². The number of methoxy groups -OCH3 is 1. The fourth-order valence-corrected chi connectivity index (χ4v) is 6.11. The van der Waals surface area contributed by atoms with Gasteiger partial charge in [0, 0.05) is 5.92 Å². The van der Waals surface area contributed by atoms with Crippen molar-refractivity contribution in [1.82, 2.24) is 5.32 Å². The smallest absolute Gasteiger partial charge is 0.343 e. The van der Waals surface area contributed by atoms with Crippen molar-refractivity contribution in [3.05, 3.63) is 52.8 Å². The number of ether oxygens (including phenoxy) is 2. The number of hydrogen-bond acceptors (Lipinski definition) is 6. The second kappa shape index (κ2) is 8.04. The van der Waals surface area contributed by atoms with Crippen LogP contribution in [0.4, 0.5) is 10.1 Å². The minimum absolute atomic E-state index is 0.00233. The van der Waals surface area contributed by atoms with Crippen molar-refractivity contribution in [2.24, 2.45) is 11.8 Å². The first kappa shape index (κ1) is 21.2. The number of benzene rings is 2. The summed E-state index contributed by atoms with van der Waals surface area (Å²) in [7, 11) is -2.85. The average Bonchev–Trinajstić information content (AvgIpc) is 3.39. The van der Waals surface area contributed by atoms with Crippen LogP contribution in [0.5, 0.6) is 5.75 Å². The summed E-state index contributed by atoms with van der Waals surface area (Å²) in [4.78, 5) is 12.6. The molecule has 2 N–H and O–H groups in total. The monoisotopic (exact) mass is 460 g/mol. The van der Waals surface area contributed by atoms with Gasteiger partial charge in [0.1, 0.15) is 17.1 Å². The number of carbonyl (C=O) groups is 1. The van der Waals surface area contributed by atoms with Crippen LogP contribution in [-0.4, -0.2) is 41.2 Å². The molecule has 0 spiro atoms. The Hall–Kier alpha value is -2.65. The van der Waals surface area contributed by atoms with Gasteiger partial charge >= 0.3 is 5.97 Å². The van der Waals surface area contributed by atoms with Gasteiger partial charge in [0.25, 0.3) is 10.0 Å².